The van der Waals surface area contributed by atoms with Crippen molar-refractivity contribution in [3.8, 4) is 0 Å². The molecule has 0 spiro atoms. The third-order valence-electron chi connectivity index (χ3n) is 5.26. The summed E-state index contributed by atoms with van der Waals surface area (Å²) in [6.45, 7) is 2.57. The molecule has 2 aromatic rings. The Labute approximate surface area is 141 Å². The SMILES string of the molecule is O=C(c1cn[nH]c1C1CCCCN1)N1CCC(n2ccnc2)CC1. The van der Waals surface area contributed by atoms with Crippen molar-refractivity contribution in [1.29, 1.82) is 0 Å². The highest BCUT2D eigenvalue weighted by Gasteiger charge is 2.29. The first-order valence-corrected chi connectivity index (χ1v) is 8.86. The van der Waals surface area contributed by atoms with E-state index < -0.39 is 0 Å². The minimum absolute atomic E-state index is 0.107. The Morgan fingerprint density at radius 1 is 1.21 bits per heavy atom. The molecule has 7 heteroatoms. The van der Waals surface area contributed by atoms with Crippen molar-refractivity contribution in [3.63, 3.8) is 0 Å². The molecule has 1 unspecified atom stereocenters. The zero-order chi connectivity index (χ0) is 16.4. The van der Waals surface area contributed by atoms with Gasteiger partial charge in [0.2, 0.25) is 0 Å². The Hall–Kier alpha value is -2.15. The minimum Gasteiger partial charge on any atom is -0.338 e. The van der Waals surface area contributed by atoms with Crippen LogP contribution >= 0.6 is 0 Å². The van der Waals surface area contributed by atoms with Gasteiger partial charge < -0.3 is 14.8 Å². The van der Waals surface area contributed by atoms with Crippen molar-refractivity contribution >= 4 is 5.91 Å². The molecule has 0 bridgehead atoms. The van der Waals surface area contributed by atoms with Gasteiger partial charge in [-0.25, -0.2) is 4.98 Å². The zero-order valence-corrected chi connectivity index (χ0v) is 13.8. The predicted molar refractivity (Wildman–Crippen MR) is 89.6 cm³/mol. The van der Waals surface area contributed by atoms with Crippen LogP contribution in [0.5, 0.6) is 0 Å². The summed E-state index contributed by atoms with van der Waals surface area (Å²) in [5.41, 5.74) is 1.69. The van der Waals surface area contributed by atoms with Gasteiger partial charge >= 0.3 is 0 Å². The smallest absolute Gasteiger partial charge is 0.257 e. The Morgan fingerprint density at radius 3 is 2.79 bits per heavy atom. The molecular formula is C17H24N6O. The van der Waals surface area contributed by atoms with E-state index in [-0.39, 0.29) is 11.9 Å². The summed E-state index contributed by atoms with van der Waals surface area (Å²) in [7, 11) is 0. The lowest BCUT2D eigenvalue weighted by Gasteiger charge is -2.33. The molecule has 0 saturated carbocycles. The lowest BCUT2D eigenvalue weighted by molar-refractivity contribution is 0.0692. The number of H-pyrrole nitrogens is 1. The van der Waals surface area contributed by atoms with Crippen LogP contribution in [0.3, 0.4) is 0 Å². The van der Waals surface area contributed by atoms with Gasteiger partial charge in [-0.2, -0.15) is 5.10 Å². The number of carbonyl (C=O) groups is 1. The van der Waals surface area contributed by atoms with Crippen molar-refractivity contribution in [1.82, 2.24) is 30.0 Å². The van der Waals surface area contributed by atoms with E-state index in [2.05, 4.69) is 25.1 Å². The normalized spacial score (nSPS) is 22.7. The van der Waals surface area contributed by atoms with Crippen molar-refractivity contribution < 1.29 is 4.79 Å². The van der Waals surface area contributed by atoms with Crippen LogP contribution in [0.15, 0.2) is 24.9 Å². The molecule has 0 aromatic carbocycles. The third-order valence-corrected chi connectivity index (χ3v) is 5.26. The average molecular weight is 328 g/mol. The molecule has 7 nitrogen and oxygen atoms in total. The van der Waals surface area contributed by atoms with Crippen LogP contribution in [0.2, 0.25) is 0 Å². The van der Waals surface area contributed by atoms with Crippen LogP contribution < -0.4 is 5.32 Å². The van der Waals surface area contributed by atoms with Crippen LogP contribution in [-0.4, -0.2) is 50.2 Å². The van der Waals surface area contributed by atoms with Crippen LogP contribution in [0.1, 0.15) is 60.2 Å². The van der Waals surface area contributed by atoms with Gasteiger partial charge in [-0.05, 0) is 32.2 Å². The molecule has 128 valence electrons. The summed E-state index contributed by atoms with van der Waals surface area (Å²) in [5, 5.41) is 10.7. The van der Waals surface area contributed by atoms with Crippen LogP contribution in [-0.2, 0) is 0 Å². The Bertz CT molecular complexity index is 665. The van der Waals surface area contributed by atoms with Gasteiger partial charge in [-0.3, -0.25) is 9.89 Å². The number of aromatic amines is 1. The molecule has 2 aromatic heterocycles. The van der Waals surface area contributed by atoms with Crippen LogP contribution in [0.4, 0.5) is 0 Å². The molecule has 4 heterocycles. The highest BCUT2D eigenvalue weighted by atomic mass is 16.2. The first kappa shape index (κ1) is 15.4. The van der Waals surface area contributed by atoms with Gasteiger partial charge in [0.15, 0.2) is 0 Å². The summed E-state index contributed by atoms with van der Waals surface area (Å²) in [6.07, 6.45) is 12.8. The molecule has 2 aliphatic heterocycles. The summed E-state index contributed by atoms with van der Waals surface area (Å²) in [5.74, 6) is 0.107. The van der Waals surface area contributed by atoms with E-state index in [1.807, 2.05) is 23.6 Å². The summed E-state index contributed by atoms with van der Waals surface area (Å²) in [6, 6.07) is 0.670. The van der Waals surface area contributed by atoms with Crippen molar-refractivity contribution in [2.75, 3.05) is 19.6 Å². The third kappa shape index (κ3) is 2.96. The molecule has 1 amide bonds. The zero-order valence-electron chi connectivity index (χ0n) is 13.8. The van der Waals surface area contributed by atoms with E-state index in [0.717, 1.165) is 50.2 Å². The maximum atomic E-state index is 12.9. The maximum Gasteiger partial charge on any atom is 0.257 e. The summed E-state index contributed by atoms with van der Waals surface area (Å²) >= 11 is 0. The van der Waals surface area contributed by atoms with Gasteiger partial charge in [0, 0.05) is 37.6 Å². The summed E-state index contributed by atoms with van der Waals surface area (Å²) < 4.78 is 2.15. The quantitative estimate of drug-likeness (QED) is 0.902. The number of amides is 1. The Balaban J connectivity index is 1.43. The van der Waals surface area contributed by atoms with Gasteiger partial charge in [0.05, 0.1) is 23.8 Å². The van der Waals surface area contributed by atoms with Gasteiger partial charge in [-0.15, -0.1) is 0 Å². The van der Waals surface area contributed by atoms with Gasteiger partial charge in [-0.1, -0.05) is 6.42 Å². The standard InChI is InChI=1S/C17H24N6O/c24-17(14-11-20-21-16(14)15-3-1-2-6-19-15)22-8-4-13(5-9-22)23-10-7-18-12-23/h7,10-13,15,19H,1-6,8-9H2,(H,20,21). The molecule has 0 radical (unpaired) electrons. The first-order chi connectivity index (χ1) is 11.8. The second-order valence-corrected chi connectivity index (χ2v) is 6.73. The number of hydrogen-bond donors (Lipinski definition) is 2. The van der Waals surface area contributed by atoms with Gasteiger partial charge in [0.1, 0.15) is 0 Å². The fourth-order valence-corrected chi connectivity index (χ4v) is 3.85. The maximum absolute atomic E-state index is 12.9. The molecule has 2 saturated heterocycles. The first-order valence-electron chi connectivity index (χ1n) is 8.86. The van der Waals surface area contributed by atoms with Crippen molar-refractivity contribution in [3.05, 3.63) is 36.2 Å². The second-order valence-electron chi connectivity index (χ2n) is 6.73. The van der Waals surface area contributed by atoms with E-state index in [9.17, 15) is 4.79 Å². The number of imidazole rings is 1. The van der Waals surface area contributed by atoms with E-state index in [1.54, 1.807) is 6.20 Å². The molecule has 0 aliphatic carbocycles. The second kappa shape index (κ2) is 6.76. The molecule has 24 heavy (non-hydrogen) atoms. The van der Waals surface area contributed by atoms with Crippen LogP contribution in [0.25, 0.3) is 0 Å². The molecular weight excluding hydrogens is 304 g/mol. The number of aromatic nitrogens is 4. The molecule has 4 rings (SSSR count). The number of nitrogens with one attached hydrogen (secondary N) is 2. The van der Waals surface area contributed by atoms with E-state index in [4.69, 9.17) is 0 Å². The molecule has 1 atom stereocenters. The number of likely N-dealkylation sites (tertiary alicyclic amines) is 1. The highest BCUT2D eigenvalue weighted by molar-refractivity contribution is 5.95. The van der Waals surface area contributed by atoms with Crippen molar-refractivity contribution in [2.24, 2.45) is 0 Å². The lowest BCUT2D eigenvalue weighted by atomic mass is 9.98. The molecule has 2 aliphatic rings. The van der Waals surface area contributed by atoms with Gasteiger partial charge in [0.25, 0.3) is 5.91 Å². The van der Waals surface area contributed by atoms with E-state index >= 15 is 0 Å². The number of rotatable bonds is 3. The fraction of sp³-hybridized carbons (Fsp3) is 0.588. The average Bonchev–Trinajstić information content (AvgIpc) is 3.34. The number of carbonyl (C=O) groups excluding carboxylic acids is 1. The molecule has 2 fully saturated rings. The minimum atomic E-state index is 0.107. The van der Waals surface area contributed by atoms with E-state index in [0.29, 0.717) is 6.04 Å². The highest BCUT2D eigenvalue weighted by Crippen LogP contribution is 2.27. The predicted octanol–water partition coefficient (Wildman–Crippen LogP) is 1.90. The largest absolute Gasteiger partial charge is 0.338 e. The van der Waals surface area contributed by atoms with Crippen molar-refractivity contribution in [2.45, 2.75) is 44.2 Å². The number of piperidine rings is 2. The topological polar surface area (TPSA) is 78.8 Å². The van der Waals surface area contributed by atoms with Crippen LogP contribution in [0, 0.1) is 0 Å². The number of nitrogens with zero attached hydrogens (tertiary/aromatic N) is 4. The Kier molecular flexibility index (Phi) is 4.34. The summed E-state index contributed by atoms with van der Waals surface area (Å²) in [4.78, 5) is 19.0. The fourth-order valence-electron chi connectivity index (χ4n) is 3.85. The Morgan fingerprint density at radius 2 is 2.08 bits per heavy atom. The molecule has 2 N–H and O–H groups in total. The van der Waals surface area contributed by atoms with E-state index in [1.165, 1.54) is 12.8 Å². The number of hydrogen-bond acceptors (Lipinski definition) is 4. The lowest BCUT2D eigenvalue weighted by Crippen LogP contribution is -2.39. The monoisotopic (exact) mass is 328 g/mol.